The van der Waals surface area contributed by atoms with Crippen LogP contribution in [0.25, 0.3) is 82.5 Å². The van der Waals surface area contributed by atoms with E-state index in [4.69, 9.17) is 9.47 Å². The number of hydrogen-bond donors (Lipinski definition) is 1. The van der Waals surface area contributed by atoms with Crippen molar-refractivity contribution in [2.24, 2.45) is 0 Å². The standard InChI is InChI=1S/C54H35N3O3/c58-38-23-17-35(18-24-38)57-53-31-29-41(59-39-25-19-36(20-26-39)55-49-13-5-1-9-43(49)44-10-2-6-14-50(44)55)33-47(53)48-34-42(30-32-54(48)57)60-40-27-21-37(22-28-40)56-51-15-7-3-11-45(51)46-12-4-8-16-52(46)56/h1-34,58H. The number of phenols is 1. The van der Waals surface area contributed by atoms with Crippen molar-refractivity contribution in [3.63, 3.8) is 0 Å². The fourth-order valence-corrected chi connectivity index (χ4v) is 8.99. The number of aromatic hydroxyl groups is 1. The molecule has 6 nitrogen and oxygen atoms in total. The number of para-hydroxylation sites is 4. The topological polar surface area (TPSA) is 53.5 Å². The van der Waals surface area contributed by atoms with Gasteiger partial charge < -0.3 is 28.3 Å². The average molecular weight is 774 g/mol. The van der Waals surface area contributed by atoms with Gasteiger partial charge in [-0.2, -0.15) is 0 Å². The van der Waals surface area contributed by atoms with Gasteiger partial charge >= 0.3 is 0 Å². The number of nitrogens with zero attached hydrogens (tertiary/aromatic N) is 3. The molecular formula is C54H35N3O3. The summed E-state index contributed by atoms with van der Waals surface area (Å²) in [5.74, 6) is 3.16. The van der Waals surface area contributed by atoms with E-state index in [-0.39, 0.29) is 5.75 Å². The Hall–Kier alpha value is -8.22. The second-order valence-corrected chi connectivity index (χ2v) is 15.1. The average Bonchev–Trinajstić information content (AvgIpc) is 3.93. The van der Waals surface area contributed by atoms with E-state index in [1.54, 1.807) is 12.1 Å². The zero-order valence-electron chi connectivity index (χ0n) is 32.2. The summed E-state index contributed by atoms with van der Waals surface area (Å²) in [5, 5.41) is 17.1. The molecule has 284 valence electrons. The van der Waals surface area contributed by atoms with Gasteiger partial charge in [0.15, 0.2) is 0 Å². The molecule has 0 amide bonds. The minimum atomic E-state index is 0.222. The van der Waals surface area contributed by atoms with Crippen molar-refractivity contribution >= 4 is 65.4 Å². The Labute approximate surface area is 344 Å². The molecule has 0 saturated carbocycles. The van der Waals surface area contributed by atoms with Gasteiger partial charge in [0.25, 0.3) is 0 Å². The van der Waals surface area contributed by atoms with Gasteiger partial charge in [-0.1, -0.05) is 72.8 Å². The van der Waals surface area contributed by atoms with E-state index >= 15 is 0 Å². The molecule has 12 rings (SSSR count). The van der Waals surface area contributed by atoms with Gasteiger partial charge in [-0.25, -0.2) is 0 Å². The Morgan fingerprint density at radius 3 is 0.900 bits per heavy atom. The minimum absolute atomic E-state index is 0.222. The van der Waals surface area contributed by atoms with Gasteiger partial charge in [0.1, 0.15) is 28.7 Å². The van der Waals surface area contributed by atoms with Gasteiger partial charge in [-0.15, -0.1) is 0 Å². The molecule has 60 heavy (non-hydrogen) atoms. The SMILES string of the molecule is Oc1ccc(-n2c3ccc(Oc4ccc(-n5c6ccccc6c6ccccc65)cc4)cc3c3cc(Oc4ccc(-n5c6ccccc6c6ccccc65)cc4)ccc32)cc1. The van der Waals surface area contributed by atoms with Crippen LogP contribution in [0.4, 0.5) is 0 Å². The summed E-state index contributed by atoms with van der Waals surface area (Å²) in [5.41, 5.74) is 9.78. The quantitative estimate of drug-likeness (QED) is 0.175. The normalized spacial score (nSPS) is 11.7. The maximum Gasteiger partial charge on any atom is 0.128 e. The summed E-state index contributed by atoms with van der Waals surface area (Å²) in [6.45, 7) is 0. The lowest BCUT2D eigenvalue weighted by atomic mass is 10.1. The van der Waals surface area contributed by atoms with Gasteiger partial charge in [0.05, 0.1) is 33.1 Å². The zero-order valence-corrected chi connectivity index (χ0v) is 32.2. The Morgan fingerprint density at radius 1 is 0.267 bits per heavy atom. The largest absolute Gasteiger partial charge is 0.508 e. The molecule has 3 aromatic heterocycles. The molecule has 6 heteroatoms. The second-order valence-electron chi connectivity index (χ2n) is 15.1. The lowest BCUT2D eigenvalue weighted by Gasteiger charge is -2.11. The second kappa shape index (κ2) is 13.4. The molecule has 9 aromatic carbocycles. The van der Waals surface area contributed by atoms with Gasteiger partial charge in [0.2, 0.25) is 0 Å². The highest BCUT2D eigenvalue weighted by molar-refractivity contribution is 6.11. The van der Waals surface area contributed by atoms with E-state index in [9.17, 15) is 5.11 Å². The Bertz CT molecular complexity index is 3270. The number of fused-ring (bicyclic) bond motifs is 9. The van der Waals surface area contributed by atoms with E-state index in [0.29, 0.717) is 0 Å². The van der Waals surface area contributed by atoms with E-state index in [0.717, 1.165) is 61.9 Å². The maximum atomic E-state index is 10.1. The van der Waals surface area contributed by atoms with Crippen LogP contribution in [-0.4, -0.2) is 18.8 Å². The van der Waals surface area contributed by atoms with Crippen molar-refractivity contribution in [1.82, 2.24) is 13.7 Å². The summed E-state index contributed by atoms with van der Waals surface area (Å²) in [7, 11) is 0. The van der Waals surface area contributed by atoms with Crippen molar-refractivity contribution in [3.8, 4) is 45.8 Å². The van der Waals surface area contributed by atoms with Crippen molar-refractivity contribution in [3.05, 3.63) is 206 Å². The molecule has 0 bridgehead atoms. The van der Waals surface area contributed by atoms with Gasteiger partial charge in [-0.3, -0.25) is 0 Å². The van der Waals surface area contributed by atoms with Crippen LogP contribution in [-0.2, 0) is 0 Å². The Balaban J connectivity index is 0.894. The number of rotatable bonds is 7. The first-order valence-electron chi connectivity index (χ1n) is 20.1. The third kappa shape index (κ3) is 5.42. The molecule has 1 N–H and O–H groups in total. The molecule has 0 atom stereocenters. The number of benzene rings is 9. The number of ether oxygens (including phenoxy) is 2. The smallest absolute Gasteiger partial charge is 0.128 e. The van der Waals surface area contributed by atoms with Gasteiger partial charge in [0, 0.05) is 49.4 Å². The van der Waals surface area contributed by atoms with Crippen LogP contribution in [0.15, 0.2) is 206 Å². The molecule has 0 unspecified atom stereocenters. The molecule has 0 aliphatic rings. The van der Waals surface area contributed by atoms with Crippen molar-refractivity contribution in [2.75, 3.05) is 0 Å². The van der Waals surface area contributed by atoms with Crippen LogP contribution in [0.3, 0.4) is 0 Å². The fourth-order valence-electron chi connectivity index (χ4n) is 8.99. The van der Waals surface area contributed by atoms with Crippen LogP contribution < -0.4 is 9.47 Å². The molecule has 0 aliphatic heterocycles. The lowest BCUT2D eigenvalue weighted by molar-refractivity contribution is 0.475. The Morgan fingerprint density at radius 2 is 0.550 bits per heavy atom. The lowest BCUT2D eigenvalue weighted by Crippen LogP contribution is -1.94. The van der Waals surface area contributed by atoms with Crippen molar-refractivity contribution in [2.45, 2.75) is 0 Å². The van der Waals surface area contributed by atoms with Crippen LogP contribution in [0.2, 0.25) is 0 Å². The predicted octanol–water partition coefficient (Wildman–Crippen LogP) is 14.3. The third-order valence-electron chi connectivity index (χ3n) is 11.6. The van der Waals surface area contributed by atoms with Crippen LogP contribution in [0.1, 0.15) is 0 Å². The number of hydrogen-bond acceptors (Lipinski definition) is 3. The van der Waals surface area contributed by atoms with E-state index in [1.165, 1.54) is 43.6 Å². The highest BCUT2D eigenvalue weighted by atomic mass is 16.5. The van der Waals surface area contributed by atoms with Gasteiger partial charge in [-0.05, 0) is 133 Å². The summed E-state index contributed by atoms with van der Waals surface area (Å²) in [6.07, 6.45) is 0. The summed E-state index contributed by atoms with van der Waals surface area (Å²) < 4.78 is 19.9. The fraction of sp³-hybridized carbons (Fsp3) is 0. The van der Waals surface area contributed by atoms with Crippen molar-refractivity contribution < 1.29 is 14.6 Å². The van der Waals surface area contributed by atoms with Crippen molar-refractivity contribution in [1.29, 1.82) is 0 Å². The maximum absolute atomic E-state index is 10.1. The zero-order chi connectivity index (χ0) is 39.7. The van der Waals surface area contributed by atoms with Crippen LogP contribution in [0.5, 0.6) is 28.7 Å². The first kappa shape index (κ1) is 33.9. The monoisotopic (exact) mass is 773 g/mol. The van der Waals surface area contributed by atoms with Crippen LogP contribution in [0, 0.1) is 0 Å². The first-order chi connectivity index (χ1) is 29.6. The number of phenolic OH excluding ortho intramolecular Hbond substituents is 1. The van der Waals surface area contributed by atoms with E-state index in [2.05, 4.69) is 159 Å². The first-order valence-corrected chi connectivity index (χ1v) is 20.1. The third-order valence-corrected chi connectivity index (χ3v) is 11.6. The molecule has 0 radical (unpaired) electrons. The van der Waals surface area contributed by atoms with E-state index in [1.807, 2.05) is 48.5 Å². The summed E-state index contributed by atoms with van der Waals surface area (Å²) >= 11 is 0. The molecule has 0 fully saturated rings. The molecule has 0 spiro atoms. The van der Waals surface area contributed by atoms with Crippen LogP contribution >= 0.6 is 0 Å². The minimum Gasteiger partial charge on any atom is -0.508 e. The number of aromatic nitrogens is 3. The molecule has 0 saturated heterocycles. The molecular weight excluding hydrogens is 739 g/mol. The summed E-state index contributed by atoms with van der Waals surface area (Å²) in [6, 6.07) is 70.4. The molecule has 3 heterocycles. The summed E-state index contributed by atoms with van der Waals surface area (Å²) in [4.78, 5) is 0. The Kier molecular flexibility index (Phi) is 7.59. The highest BCUT2D eigenvalue weighted by Crippen LogP contribution is 2.39. The molecule has 12 aromatic rings. The van der Waals surface area contributed by atoms with E-state index < -0.39 is 0 Å². The predicted molar refractivity (Wildman–Crippen MR) is 244 cm³/mol. The highest BCUT2D eigenvalue weighted by Gasteiger charge is 2.17. The molecule has 0 aliphatic carbocycles.